The largest absolute Gasteiger partial charge is 0.452 e. The van der Waals surface area contributed by atoms with E-state index in [9.17, 15) is 14.4 Å². The number of aryl methyl sites for hydroxylation is 2. The molecule has 0 radical (unpaired) electrons. The van der Waals surface area contributed by atoms with Gasteiger partial charge in [-0.1, -0.05) is 18.2 Å². The monoisotopic (exact) mass is 379 g/mol. The maximum atomic E-state index is 12.3. The summed E-state index contributed by atoms with van der Waals surface area (Å²) in [4.78, 5) is 35.8. The Labute approximate surface area is 165 Å². The van der Waals surface area contributed by atoms with Gasteiger partial charge >= 0.3 is 5.97 Å². The minimum absolute atomic E-state index is 0.0395. The molecule has 0 aliphatic heterocycles. The molecule has 0 heterocycles. The van der Waals surface area contributed by atoms with Crippen molar-refractivity contribution >= 4 is 23.3 Å². The number of carbonyl (C=O) groups is 3. The number of Topliss-reactive ketones (excluding diaryl/α,β-unsaturated/α-hetero) is 1. The van der Waals surface area contributed by atoms with E-state index in [1.165, 1.54) is 30.9 Å². The predicted molar refractivity (Wildman–Crippen MR) is 107 cm³/mol. The van der Waals surface area contributed by atoms with Crippen molar-refractivity contribution in [1.29, 1.82) is 0 Å². The third-order valence-corrected chi connectivity index (χ3v) is 5.00. The van der Waals surface area contributed by atoms with E-state index in [0.29, 0.717) is 11.3 Å². The number of benzene rings is 2. The lowest BCUT2D eigenvalue weighted by atomic mass is 9.90. The molecule has 0 saturated carbocycles. The van der Waals surface area contributed by atoms with Gasteiger partial charge in [0.05, 0.1) is 6.42 Å². The molecule has 1 N–H and O–H groups in total. The van der Waals surface area contributed by atoms with Gasteiger partial charge in [0.1, 0.15) is 0 Å². The lowest BCUT2D eigenvalue weighted by molar-refractivity contribution is -0.152. The Morgan fingerprint density at radius 2 is 1.68 bits per heavy atom. The fourth-order valence-corrected chi connectivity index (χ4v) is 3.39. The van der Waals surface area contributed by atoms with E-state index >= 15 is 0 Å². The number of rotatable bonds is 6. The van der Waals surface area contributed by atoms with E-state index in [1.807, 2.05) is 6.07 Å². The highest BCUT2D eigenvalue weighted by Gasteiger charge is 2.19. The molecule has 5 heteroatoms. The molecule has 1 aliphatic carbocycles. The molecule has 3 rings (SSSR count). The molecule has 0 bridgehead atoms. The lowest BCUT2D eigenvalue weighted by Crippen LogP contribution is -2.30. The number of ether oxygens (including phenoxy) is 1. The van der Waals surface area contributed by atoms with E-state index < -0.39 is 18.0 Å². The molecule has 2 aromatic rings. The van der Waals surface area contributed by atoms with Crippen LogP contribution in [0.15, 0.2) is 42.5 Å². The number of hydrogen-bond acceptors (Lipinski definition) is 4. The second-order valence-corrected chi connectivity index (χ2v) is 7.24. The van der Waals surface area contributed by atoms with Crippen molar-refractivity contribution in [2.75, 3.05) is 5.32 Å². The molecule has 146 valence electrons. The number of fused-ring (bicyclic) bond motifs is 1. The van der Waals surface area contributed by atoms with Gasteiger partial charge in [-0.25, -0.2) is 0 Å². The molecule has 1 aliphatic rings. The first-order valence-corrected chi connectivity index (χ1v) is 9.64. The second-order valence-electron chi connectivity index (χ2n) is 7.24. The van der Waals surface area contributed by atoms with Crippen LogP contribution in [-0.4, -0.2) is 23.8 Å². The molecule has 0 spiro atoms. The summed E-state index contributed by atoms with van der Waals surface area (Å²) < 4.78 is 5.29. The van der Waals surface area contributed by atoms with Crippen LogP contribution in [0.25, 0.3) is 0 Å². The SMILES string of the molecule is CC(=O)c1ccc(NC(=O)[C@@H](C)OC(=O)Cc2ccc3c(c2)CCCC3)cc1. The molecule has 0 saturated heterocycles. The Balaban J connectivity index is 1.53. The Hall–Kier alpha value is -2.95. The molecule has 1 amide bonds. The van der Waals surface area contributed by atoms with Crippen LogP contribution in [0.4, 0.5) is 5.69 Å². The number of nitrogens with one attached hydrogen (secondary N) is 1. The van der Waals surface area contributed by atoms with Crippen LogP contribution in [0.1, 0.15) is 53.7 Å². The summed E-state index contributed by atoms with van der Waals surface area (Å²) >= 11 is 0. The normalized spacial score (nSPS) is 13.9. The number of carbonyl (C=O) groups excluding carboxylic acids is 3. The van der Waals surface area contributed by atoms with Gasteiger partial charge in [-0.3, -0.25) is 14.4 Å². The van der Waals surface area contributed by atoms with Crippen molar-refractivity contribution in [1.82, 2.24) is 0 Å². The molecule has 0 unspecified atom stereocenters. The van der Waals surface area contributed by atoms with Gasteiger partial charge in [0.2, 0.25) is 0 Å². The van der Waals surface area contributed by atoms with Crippen molar-refractivity contribution in [3.63, 3.8) is 0 Å². The molecular formula is C23H25NO4. The van der Waals surface area contributed by atoms with Crippen LogP contribution in [0.5, 0.6) is 0 Å². The summed E-state index contributed by atoms with van der Waals surface area (Å²) in [5.74, 6) is -0.873. The first-order valence-electron chi connectivity index (χ1n) is 9.64. The molecular weight excluding hydrogens is 354 g/mol. The fraction of sp³-hybridized carbons (Fsp3) is 0.348. The van der Waals surface area contributed by atoms with E-state index in [-0.39, 0.29) is 12.2 Å². The van der Waals surface area contributed by atoms with Crippen molar-refractivity contribution in [3.05, 3.63) is 64.7 Å². The van der Waals surface area contributed by atoms with Crippen LogP contribution < -0.4 is 5.32 Å². The van der Waals surface area contributed by atoms with E-state index in [0.717, 1.165) is 18.4 Å². The van der Waals surface area contributed by atoms with Gasteiger partial charge in [0.25, 0.3) is 5.91 Å². The summed E-state index contributed by atoms with van der Waals surface area (Å²) in [5.41, 5.74) is 4.72. The lowest BCUT2D eigenvalue weighted by Gasteiger charge is -2.17. The number of ketones is 1. The van der Waals surface area contributed by atoms with Crippen LogP contribution in [0.2, 0.25) is 0 Å². The summed E-state index contributed by atoms with van der Waals surface area (Å²) in [6, 6.07) is 12.7. The Kier molecular flexibility index (Phi) is 6.24. The molecule has 0 fully saturated rings. The maximum absolute atomic E-state index is 12.3. The van der Waals surface area contributed by atoms with Crippen LogP contribution in [0, 0.1) is 0 Å². The maximum Gasteiger partial charge on any atom is 0.311 e. The minimum Gasteiger partial charge on any atom is -0.452 e. The smallest absolute Gasteiger partial charge is 0.311 e. The van der Waals surface area contributed by atoms with E-state index in [2.05, 4.69) is 17.4 Å². The van der Waals surface area contributed by atoms with Gasteiger partial charge < -0.3 is 10.1 Å². The molecule has 5 nitrogen and oxygen atoms in total. The van der Waals surface area contributed by atoms with Gasteiger partial charge in [-0.2, -0.15) is 0 Å². The predicted octanol–water partition coefficient (Wildman–Crippen LogP) is 3.88. The zero-order valence-corrected chi connectivity index (χ0v) is 16.3. The Bertz CT molecular complexity index is 886. The average Bonchev–Trinajstić information content (AvgIpc) is 2.68. The van der Waals surface area contributed by atoms with Gasteiger partial charge in [-0.05, 0) is 80.5 Å². The van der Waals surface area contributed by atoms with Crippen molar-refractivity contribution in [2.45, 2.75) is 52.1 Å². The minimum atomic E-state index is -0.905. The topological polar surface area (TPSA) is 72.5 Å². The van der Waals surface area contributed by atoms with E-state index in [4.69, 9.17) is 4.74 Å². The second kappa shape index (κ2) is 8.83. The van der Waals surface area contributed by atoms with Gasteiger partial charge in [0.15, 0.2) is 11.9 Å². The molecule has 1 atom stereocenters. The third-order valence-electron chi connectivity index (χ3n) is 5.00. The zero-order chi connectivity index (χ0) is 20.1. The quantitative estimate of drug-likeness (QED) is 0.611. The highest BCUT2D eigenvalue weighted by atomic mass is 16.5. The van der Waals surface area contributed by atoms with Crippen molar-refractivity contribution in [2.24, 2.45) is 0 Å². The number of amides is 1. The third kappa shape index (κ3) is 5.06. The van der Waals surface area contributed by atoms with Gasteiger partial charge in [-0.15, -0.1) is 0 Å². The van der Waals surface area contributed by atoms with Crippen LogP contribution >= 0.6 is 0 Å². The number of esters is 1. The van der Waals surface area contributed by atoms with Crippen LogP contribution in [-0.2, 0) is 33.6 Å². The molecule has 28 heavy (non-hydrogen) atoms. The summed E-state index contributed by atoms with van der Waals surface area (Å²) in [6.07, 6.45) is 3.81. The first kappa shape index (κ1) is 19.8. The van der Waals surface area contributed by atoms with Crippen molar-refractivity contribution in [3.8, 4) is 0 Å². The fourth-order valence-electron chi connectivity index (χ4n) is 3.39. The van der Waals surface area contributed by atoms with E-state index in [1.54, 1.807) is 31.2 Å². The summed E-state index contributed by atoms with van der Waals surface area (Å²) in [5, 5.41) is 2.69. The zero-order valence-electron chi connectivity index (χ0n) is 16.3. The summed E-state index contributed by atoms with van der Waals surface area (Å²) in [6.45, 7) is 3.03. The Morgan fingerprint density at radius 1 is 1.00 bits per heavy atom. The molecule has 2 aromatic carbocycles. The standard InChI is InChI=1S/C23H25NO4/c1-15(25)18-9-11-21(12-10-18)24-23(27)16(2)28-22(26)14-17-7-8-19-5-3-4-6-20(19)13-17/h7-13,16H,3-6,14H2,1-2H3,(H,24,27)/t16-/m1/s1. The summed E-state index contributed by atoms with van der Waals surface area (Å²) in [7, 11) is 0. The van der Waals surface area contributed by atoms with Crippen LogP contribution in [0.3, 0.4) is 0 Å². The highest BCUT2D eigenvalue weighted by molar-refractivity contribution is 5.97. The first-order chi connectivity index (χ1) is 13.4. The van der Waals surface area contributed by atoms with Gasteiger partial charge in [0, 0.05) is 11.3 Å². The average molecular weight is 379 g/mol. The number of hydrogen-bond donors (Lipinski definition) is 1. The number of anilines is 1. The Morgan fingerprint density at radius 3 is 2.36 bits per heavy atom. The van der Waals surface area contributed by atoms with Crippen molar-refractivity contribution < 1.29 is 19.1 Å². The highest BCUT2D eigenvalue weighted by Crippen LogP contribution is 2.22. The molecule has 0 aromatic heterocycles.